The van der Waals surface area contributed by atoms with Crippen LogP contribution in [-0.2, 0) is 0 Å². The molecule has 6 aliphatic rings. The summed E-state index contributed by atoms with van der Waals surface area (Å²) in [7, 11) is 0. The van der Waals surface area contributed by atoms with Crippen molar-refractivity contribution in [2.75, 3.05) is 14.7 Å². The third-order valence-electron chi connectivity index (χ3n) is 11.4. The summed E-state index contributed by atoms with van der Waals surface area (Å²) in [6.07, 6.45) is 6.32. The van der Waals surface area contributed by atoms with E-state index in [1.165, 1.54) is 0 Å². The standard InChI is InChI=1S/C42H38BN3/c1-3-13-27(14-4-1)44(28-15-5-2-6-16-28)29-25-38-40-39(26-29)46-37-24-10-8-18-31(37)33-20-12-22-35(42(33)46)43(40)34-21-11-19-32-30-17-7-9-23-36(30)45(38)41(32)34/h1-6,11-16,19-22,25-26,30-31,36-37H,7-10,17-18,23-24H2/i30D,31D,36D,37D. The molecule has 46 heavy (non-hydrogen) atoms. The molecule has 0 radical (unpaired) electrons. The highest BCUT2D eigenvalue weighted by Gasteiger charge is 2.53. The third-order valence-corrected chi connectivity index (χ3v) is 11.4. The van der Waals surface area contributed by atoms with Crippen molar-refractivity contribution in [2.24, 2.45) is 0 Å². The van der Waals surface area contributed by atoms with Crippen molar-refractivity contribution in [3.63, 3.8) is 0 Å². The summed E-state index contributed by atoms with van der Waals surface area (Å²) in [4.78, 5) is 6.80. The fourth-order valence-electron chi connectivity index (χ4n) is 9.71. The first-order valence-corrected chi connectivity index (χ1v) is 17.3. The average Bonchev–Trinajstić information content (AvgIpc) is 3.49. The molecule has 4 atom stereocenters. The third kappa shape index (κ3) is 3.30. The second kappa shape index (κ2) is 9.54. The van der Waals surface area contributed by atoms with Crippen LogP contribution in [0.1, 0.15) is 79.8 Å². The van der Waals surface area contributed by atoms with E-state index in [-0.39, 0.29) is 6.71 Å². The van der Waals surface area contributed by atoms with E-state index in [0.717, 1.165) is 93.0 Å². The number of para-hydroxylation sites is 4. The van der Waals surface area contributed by atoms with Crippen LogP contribution >= 0.6 is 0 Å². The molecule has 0 amide bonds. The van der Waals surface area contributed by atoms with Crippen LogP contribution in [0.2, 0.25) is 0 Å². The summed E-state index contributed by atoms with van der Waals surface area (Å²) in [5, 5.41) is 0. The van der Waals surface area contributed by atoms with Gasteiger partial charge in [0, 0.05) is 60.7 Å². The van der Waals surface area contributed by atoms with E-state index in [2.05, 4.69) is 112 Å². The fraction of sp³-hybridized carbons (Fsp3) is 0.286. The molecule has 4 aliphatic heterocycles. The Bertz CT molecular complexity index is 2100. The van der Waals surface area contributed by atoms with Gasteiger partial charge in [0.15, 0.2) is 0 Å². The summed E-state index contributed by atoms with van der Waals surface area (Å²) in [5.74, 6) is -2.10. The minimum Gasteiger partial charge on any atom is -0.338 e. The summed E-state index contributed by atoms with van der Waals surface area (Å²) < 4.78 is 41.0. The first-order valence-electron chi connectivity index (χ1n) is 19.3. The fourth-order valence-corrected chi connectivity index (χ4v) is 9.71. The number of hydrogen-bond acceptors (Lipinski definition) is 3. The molecule has 0 spiro atoms. The topological polar surface area (TPSA) is 9.72 Å². The quantitative estimate of drug-likeness (QED) is 0.192. The second-order valence-corrected chi connectivity index (χ2v) is 13.8. The molecule has 2 aliphatic carbocycles. The van der Waals surface area contributed by atoms with Crippen LogP contribution < -0.4 is 31.1 Å². The van der Waals surface area contributed by atoms with Crippen LogP contribution in [0.3, 0.4) is 0 Å². The minimum atomic E-state index is -1.17. The van der Waals surface area contributed by atoms with Crippen LogP contribution in [-0.4, -0.2) is 18.7 Å². The number of hydrogen-bond donors (Lipinski definition) is 0. The van der Waals surface area contributed by atoms with E-state index in [0.29, 0.717) is 25.7 Å². The maximum Gasteiger partial charge on any atom is 0.252 e. The van der Waals surface area contributed by atoms with Crippen LogP contribution in [0, 0.1) is 0 Å². The lowest BCUT2D eigenvalue weighted by atomic mass is 9.33. The molecule has 5 aromatic rings. The zero-order valence-corrected chi connectivity index (χ0v) is 26.0. The Kier molecular flexibility index (Phi) is 4.60. The lowest BCUT2D eigenvalue weighted by Crippen LogP contribution is -2.63. The Hall–Kier alpha value is -4.44. The predicted molar refractivity (Wildman–Crippen MR) is 193 cm³/mol. The maximum atomic E-state index is 10.4. The smallest absolute Gasteiger partial charge is 0.252 e. The van der Waals surface area contributed by atoms with Gasteiger partial charge in [-0.3, -0.25) is 0 Å². The van der Waals surface area contributed by atoms with Gasteiger partial charge in [-0.2, -0.15) is 0 Å². The van der Waals surface area contributed by atoms with Gasteiger partial charge in [-0.15, -0.1) is 0 Å². The Balaban J connectivity index is 1.28. The monoisotopic (exact) mass is 599 g/mol. The van der Waals surface area contributed by atoms with E-state index < -0.39 is 23.8 Å². The molecule has 0 saturated heterocycles. The Morgan fingerprint density at radius 3 is 1.52 bits per heavy atom. The summed E-state index contributed by atoms with van der Waals surface area (Å²) in [6, 6.07) is 36.0. The molecule has 0 N–H and O–H groups in total. The Morgan fingerprint density at radius 1 is 0.543 bits per heavy atom. The Labute approximate surface area is 278 Å². The summed E-state index contributed by atoms with van der Waals surface area (Å²) in [5.41, 5.74) is 12.4. The van der Waals surface area contributed by atoms with Crippen molar-refractivity contribution < 1.29 is 5.48 Å². The van der Waals surface area contributed by atoms with E-state index in [1.807, 2.05) is 12.1 Å². The molecular formula is C42H38BN3. The summed E-state index contributed by atoms with van der Waals surface area (Å²) >= 11 is 0. The Morgan fingerprint density at radius 2 is 1.02 bits per heavy atom. The molecule has 2 fully saturated rings. The van der Waals surface area contributed by atoms with Gasteiger partial charge >= 0.3 is 0 Å². The van der Waals surface area contributed by atoms with Gasteiger partial charge in [0.1, 0.15) is 0 Å². The molecule has 4 heteroatoms. The normalized spacial score (nSPS) is 31.8. The zero-order valence-electron chi connectivity index (χ0n) is 30.0. The molecule has 5 aromatic carbocycles. The highest BCUT2D eigenvalue weighted by atomic mass is 15.3. The highest BCUT2D eigenvalue weighted by molar-refractivity contribution is 7.00. The number of fused-ring (bicyclic) bond motifs is 10. The highest BCUT2D eigenvalue weighted by Crippen LogP contribution is 2.57. The molecule has 4 heterocycles. The van der Waals surface area contributed by atoms with Crippen molar-refractivity contribution in [1.29, 1.82) is 0 Å². The first kappa shape index (κ1) is 22.2. The molecule has 0 bridgehead atoms. The molecular weight excluding hydrogens is 557 g/mol. The van der Waals surface area contributed by atoms with E-state index >= 15 is 0 Å². The lowest BCUT2D eigenvalue weighted by molar-refractivity contribution is 0.401. The molecule has 3 nitrogen and oxygen atoms in total. The van der Waals surface area contributed by atoms with Crippen molar-refractivity contribution in [3.8, 4) is 0 Å². The second-order valence-electron chi connectivity index (χ2n) is 13.8. The van der Waals surface area contributed by atoms with Crippen LogP contribution in [0.4, 0.5) is 39.8 Å². The van der Waals surface area contributed by atoms with Gasteiger partial charge in [-0.1, -0.05) is 98.5 Å². The predicted octanol–water partition coefficient (Wildman–Crippen LogP) is 8.66. The molecule has 224 valence electrons. The van der Waals surface area contributed by atoms with Gasteiger partial charge in [-0.05, 0) is 89.6 Å². The first-order chi connectivity index (χ1) is 24.3. The number of rotatable bonds is 3. The van der Waals surface area contributed by atoms with Gasteiger partial charge in [-0.25, -0.2) is 0 Å². The SMILES string of the molecule is [2H]C12CCCCC1([2H])N1c3cc(N(c4ccccc4)c4ccccc4)cc4c3B(c3cccc2c31)c1cccc2c1N4C1([2H])CCCCC21[2H]. The van der Waals surface area contributed by atoms with Crippen LogP contribution in [0.5, 0.6) is 0 Å². The van der Waals surface area contributed by atoms with Crippen molar-refractivity contribution in [1.82, 2.24) is 0 Å². The van der Waals surface area contributed by atoms with E-state index in [4.69, 9.17) is 0 Å². The number of nitrogens with zero attached hydrogens (tertiary/aromatic N) is 3. The summed E-state index contributed by atoms with van der Waals surface area (Å²) in [6.45, 7) is -0.118. The maximum absolute atomic E-state index is 10.4. The largest absolute Gasteiger partial charge is 0.338 e. The van der Waals surface area contributed by atoms with Crippen LogP contribution in [0.15, 0.2) is 109 Å². The van der Waals surface area contributed by atoms with E-state index in [9.17, 15) is 5.48 Å². The molecule has 2 saturated carbocycles. The number of benzene rings is 5. The average molecular weight is 600 g/mol. The molecule has 11 rings (SSSR count). The molecule has 4 unspecified atom stereocenters. The zero-order chi connectivity index (χ0) is 33.6. The van der Waals surface area contributed by atoms with Crippen molar-refractivity contribution in [2.45, 2.75) is 75.2 Å². The van der Waals surface area contributed by atoms with Crippen molar-refractivity contribution in [3.05, 3.63) is 120 Å². The lowest BCUT2D eigenvalue weighted by Gasteiger charge is -2.46. The minimum absolute atomic E-state index is 0.118. The number of anilines is 7. The van der Waals surface area contributed by atoms with Crippen LogP contribution in [0.25, 0.3) is 0 Å². The van der Waals surface area contributed by atoms with Crippen molar-refractivity contribution >= 4 is 62.9 Å². The van der Waals surface area contributed by atoms with Gasteiger partial charge in [0.2, 0.25) is 0 Å². The van der Waals surface area contributed by atoms with Gasteiger partial charge in [0.05, 0.1) is 8.43 Å². The van der Waals surface area contributed by atoms with Gasteiger partial charge in [0.25, 0.3) is 6.71 Å². The molecule has 0 aromatic heterocycles. The van der Waals surface area contributed by atoms with Gasteiger partial charge < -0.3 is 14.7 Å². The van der Waals surface area contributed by atoms with E-state index in [1.54, 1.807) is 0 Å².